The van der Waals surface area contributed by atoms with Gasteiger partial charge in [-0.25, -0.2) is 4.39 Å². The highest BCUT2D eigenvalue weighted by atomic mass is 35.5. The van der Waals surface area contributed by atoms with Gasteiger partial charge in [0.05, 0.1) is 5.38 Å². The third-order valence-corrected chi connectivity index (χ3v) is 2.72. The molecule has 0 N–H and O–H groups in total. The standard InChI is InChI=1S/C11H13Cl2F/c1-7(2)6-9(13)11-8(12)4-3-5-10(11)14/h3-5,7,9H,6H2,1-2H3. The van der Waals surface area contributed by atoms with Crippen molar-refractivity contribution in [3.63, 3.8) is 0 Å². The van der Waals surface area contributed by atoms with Crippen molar-refractivity contribution in [3.05, 3.63) is 34.6 Å². The zero-order chi connectivity index (χ0) is 10.7. The molecule has 0 nitrogen and oxygen atoms in total. The molecule has 1 aromatic rings. The molecule has 0 amide bonds. The van der Waals surface area contributed by atoms with Gasteiger partial charge in [0.15, 0.2) is 0 Å². The van der Waals surface area contributed by atoms with Gasteiger partial charge in [0.1, 0.15) is 5.82 Å². The van der Waals surface area contributed by atoms with Crippen molar-refractivity contribution in [1.29, 1.82) is 0 Å². The summed E-state index contributed by atoms with van der Waals surface area (Å²) in [6, 6.07) is 4.63. The number of hydrogen-bond donors (Lipinski definition) is 0. The molecule has 1 aromatic carbocycles. The number of halogens is 3. The van der Waals surface area contributed by atoms with Gasteiger partial charge < -0.3 is 0 Å². The number of rotatable bonds is 3. The molecule has 0 aliphatic carbocycles. The van der Waals surface area contributed by atoms with Gasteiger partial charge in [-0.1, -0.05) is 31.5 Å². The average Bonchev–Trinajstić information content (AvgIpc) is 2.01. The van der Waals surface area contributed by atoms with Crippen LogP contribution in [0.15, 0.2) is 18.2 Å². The van der Waals surface area contributed by atoms with Crippen LogP contribution in [-0.4, -0.2) is 0 Å². The van der Waals surface area contributed by atoms with Crippen molar-refractivity contribution < 1.29 is 4.39 Å². The first-order chi connectivity index (χ1) is 6.52. The van der Waals surface area contributed by atoms with Crippen LogP contribution in [0.3, 0.4) is 0 Å². The normalized spacial score (nSPS) is 13.3. The summed E-state index contributed by atoms with van der Waals surface area (Å²) in [5, 5.41) is 0.0642. The first-order valence-corrected chi connectivity index (χ1v) is 5.41. The van der Waals surface area contributed by atoms with Crippen molar-refractivity contribution in [2.75, 3.05) is 0 Å². The molecule has 3 heteroatoms. The van der Waals surface area contributed by atoms with E-state index in [4.69, 9.17) is 23.2 Å². The van der Waals surface area contributed by atoms with Crippen molar-refractivity contribution in [2.24, 2.45) is 5.92 Å². The van der Waals surface area contributed by atoms with Crippen molar-refractivity contribution in [1.82, 2.24) is 0 Å². The smallest absolute Gasteiger partial charge is 0.129 e. The molecule has 0 spiro atoms. The number of alkyl halides is 1. The molecule has 14 heavy (non-hydrogen) atoms. The Labute approximate surface area is 94.0 Å². The van der Waals surface area contributed by atoms with Gasteiger partial charge in [-0.05, 0) is 24.5 Å². The topological polar surface area (TPSA) is 0 Å². The average molecular weight is 235 g/mol. The van der Waals surface area contributed by atoms with E-state index in [9.17, 15) is 4.39 Å². The van der Waals surface area contributed by atoms with Crippen molar-refractivity contribution in [3.8, 4) is 0 Å². The van der Waals surface area contributed by atoms with Gasteiger partial charge in [-0.2, -0.15) is 0 Å². The van der Waals surface area contributed by atoms with Crippen LogP contribution in [0.2, 0.25) is 5.02 Å². The van der Waals surface area contributed by atoms with Gasteiger partial charge in [0, 0.05) is 10.6 Å². The van der Waals surface area contributed by atoms with E-state index >= 15 is 0 Å². The van der Waals surface area contributed by atoms with E-state index in [-0.39, 0.29) is 11.2 Å². The lowest BCUT2D eigenvalue weighted by atomic mass is 10.0. The van der Waals surface area contributed by atoms with E-state index in [1.54, 1.807) is 12.1 Å². The minimum Gasteiger partial charge on any atom is -0.207 e. The summed E-state index contributed by atoms with van der Waals surface area (Å²) in [5.74, 6) is 0.103. The molecular weight excluding hydrogens is 222 g/mol. The Kier molecular flexibility index (Phi) is 4.21. The Balaban J connectivity index is 2.94. The van der Waals surface area contributed by atoms with Gasteiger partial charge >= 0.3 is 0 Å². The number of benzene rings is 1. The fourth-order valence-corrected chi connectivity index (χ4v) is 2.27. The highest BCUT2D eigenvalue weighted by Crippen LogP contribution is 2.34. The monoisotopic (exact) mass is 234 g/mol. The van der Waals surface area contributed by atoms with E-state index in [0.29, 0.717) is 16.5 Å². The van der Waals surface area contributed by atoms with Crippen LogP contribution >= 0.6 is 23.2 Å². The summed E-state index contributed by atoms with van der Waals surface area (Å²) >= 11 is 12.0. The summed E-state index contributed by atoms with van der Waals surface area (Å²) in [7, 11) is 0. The lowest BCUT2D eigenvalue weighted by Crippen LogP contribution is -2.00. The second-order valence-electron chi connectivity index (χ2n) is 3.73. The molecule has 1 atom stereocenters. The molecule has 0 radical (unpaired) electrons. The predicted molar refractivity (Wildman–Crippen MR) is 59.5 cm³/mol. The van der Waals surface area contributed by atoms with Crippen LogP contribution in [0.25, 0.3) is 0 Å². The third kappa shape index (κ3) is 2.86. The van der Waals surface area contributed by atoms with Crippen LogP contribution in [0.5, 0.6) is 0 Å². The molecule has 0 aromatic heterocycles. The van der Waals surface area contributed by atoms with Crippen LogP contribution in [0, 0.1) is 11.7 Å². The molecule has 0 saturated heterocycles. The van der Waals surface area contributed by atoms with E-state index < -0.39 is 0 Å². The molecule has 78 valence electrons. The minimum atomic E-state index is -0.344. The zero-order valence-corrected chi connectivity index (χ0v) is 9.74. The Hall–Kier alpha value is -0.270. The maximum Gasteiger partial charge on any atom is 0.129 e. The fourth-order valence-electron chi connectivity index (χ4n) is 1.34. The van der Waals surface area contributed by atoms with E-state index in [1.807, 2.05) is 13.8 Å². The van der Waals surface area contributed by atoms with Crippen molar-refractivity contribution >= 4 is 23.2 Å². The van der Waals surface area contributed by atoms with Crippen LogP contribution in [0.1, 0.15) is 31.2 Å². The van der Waals surface area contributed by atoms with Gasteiger partial charge in [-0.3, -0.25) is 0 Å². The molecule has 0 saturated carbocycles. The summed E-state index contributed by atoms with van der Waals surface area (Å²) in [6.07, 6.45) is 0.724. The first-order valence-electron chi connectivity index (χ1n) is 4.60. The van der Waals surface area contributed by atoms with Crippen LogP contribution in [-0.2, 0) is 0 Å². The lowest BCUT2D eigenvalue weighted by Gasteiger charge is -2.14. The Morgan fingerprint density at radius 2 is 2.00 bits per heavy atom. The predicted octanol–water partition coefficient (Wildman–Crippen LogP) is 4.81. The SMILES string of the molecule is CC(C)CC(Cl)c1c(F)cccc1Cl. The molecule has 0 bridgehead atoms. The Bertz CT molecular complexity index is 290. The first kappa shape index (κ1) is 11.8. The van der Waals surface area contributed by atoms with Gasteiger partial charge in [0.25, 0.3) is 0 Å². The molecule has 0 fully saturated rings. The summed E-state index contributed by atoms with van der Waals surface area (Å²) in [5.41, 5.74) is 0.421. The second-order valence-corrected chi connectivity index (χ2v) is 4.67. The Morgan fingerprint density at radius 3 is 2.50 bits per heavy atom. The van der Waals surface area contributed by atoms with Crippen LogP contribution in [0.4, 0.5) is 4.39 Å². The fraction of sp³-hybridized carbons (Fsp3) is 0.455. The molecule has 0 aliphatic heterocycles. The lowest BCUT2D eigenvalue weighted by molar-refractivity contribution is 0.548. The van der Waals surface area contributed by atoms with Crippen molar-refractivity contribution in [2.45, 2.75) is 25.6 Å². The molecule has 1 rings (SSSR count). The van der Waals surface area contributed by atoms with Gasteiger partial charge in [0.2, 0.25) is 0 Å². The Morgan fingerprint density at radius 1 is 1.36 bits per heavy atom. The highest BCUT2D eigenvalue weighted by Gasteiger charge is 2.17. The van der Waals surface area contributed by atoms with Gasteiger partial charge in [-0.15, -0.1) is 11.6 Å². The molecule has 0 aliphatic rings. The number of hydrogen-bond acceptors (Lipinski definition) is 0. The quantitative estimate of drug-likeness (QED) is 0.660. The maximum absolute atomic E-state index is 13.4. The second kappa shape index (κ2) is 4.99. The largest absolute Gasteiger partial charge is 0.207 e. The zero-order valence-electron chi connectivity index (χ0n) is 8.23. The maximum atomic E-state index is 13.4. The molecule has 0 heterocycles. The van der Waals surface area contributed by atoms with E-state index in [0.717, 1.165) is 6.42 Å². The van der Waals surface area contributed by atoms with Crippen LogP contribution < -0.4 is 0 Å². The summed E-state index contributed by atoms with van der Waals surface area (Å²) in [4.78, 5) is 0. The highest BCUT2D eigenvalue weighted by molar-refractivity contribution is 6.32. The third-order valence-electron chi connectivity index (χ3n) is 1.99. The summed E-state index contributed by atoms with van der Waals surface area (Å²) in [6.45, 7) is 4.09. The summed E-state index contributed by atoms with van der Waals surface area (Å²) < 4.78 is 13.4. The van der Waals surface area contributed by atoms with E-state index in [1.165, 1.54) is 6.07 Å². The molecule has 1 unspecified atom stereocenters. The minimum absolute atomic E-state index is 0.321. The molecular formula is C11H13Cl2F. The van der Waals surface area contributed by atoms with E-state index in [2.05, 4.69) is 0 Å².